The quantitative estimate of drug-likeness (QED) is 0.789. The van der Waals surface area contributed by atoms with Gasteiger partial charge in [0.05, 0.1) is 10.6 Å². The molecular weight excluding hydrogens is 318 g/mol. The number of rotatable bonds is 6. The van der Waals surface area contributed by atoms with Gasteiger partial charge in [-0.25, -0.2) is 8.42 Å². The molecule has 1 fully saturated rings. The fourth-order valence-corrected chi connectivity index (χ4v) is 4.06. The Balaban J connectivity index is 1.62. The molecule has 20 heavy (non-hydrogen) atoms. The summed E-state index contributed by atoms with van der Waals surface area (Å²) in [6, 6.07) is 3.94. The van der Waals surface area contributed by atoms with E-state index in [4.69, 9.17) is 11.6 Å². The first-order valence-electron chi connectivity index (χ1n) is 6.57. The van der Waals surface area contributed by atoms with E-state index in [0.717, 1.165) is 37.1 Å². The molecule has 2 rings (SSSR count). The number of hydrogen-bond donors (Lipinski definition) is 1. The maximum absolute atomic E-state index is 11.4. The highest BCUT2D eigenvalue weighted by Gasteiger charge is 2.22. The highest BCUT2D eigenvalue weighted by Crippen LogP contribution is 2.20. The Kier molecular flexibility index (Phi) is 5.83. The molecule has 0 amide bonds. The lowest BCUT2D eigenvalue weighted by atomic mass is 10.3. The predicted octanol–water partition coefficient (Wildman–Crippen LogP) is 1.07. The van der Waals surface area contributed by atoms with Crippen molar-refractivity contribution in [2.75, 3.05) is 45.5 Å². The molecule has 1 aromatic rings. The van der Waals surface area contributed by atoms with Crippen LogP contribution in [-0.4, -0.2) is 63.1 Å². The Labute approximate surface area is 129 Å². The zero-order chi connectivity index (χ0) is 14.6. The van der Waals surface area contributed by atoms with Gasteiger partial charge >= 0.3 is 0 Å². The largest absolute Gasteiger partial charge is 0.311 e. The Hall–Kier alpha value is -0.180. The number of piperazine rings is 1. The van der Waals surface area contributed by atoms with Gasteiger partial charge in [0.2, 0.25) is 10.0 Å². The summed E-state index contributed by atoms with van der Waals surface area (Å²) >= 11 is 7.47. The third-order valence-corrected chi connectivity index (χ3v) is 5.87. The van der Waals surface area contributed by atoms with Crippen molar-refractivity contribution in [1.82, 2.24) is 14.5 Å². The summed E-state index contributed by atoms with van der Waals surface area (Å²) in [6.07, 6.45) is 1.27. The van der Waals surface area contributed by atoms with Gasteiger partial charge in [0.25, 0.3) is 0 Å². The molecule has 1 saturated heterocycles. The number of nitrogens with zero attached hydrogens (tertiary/aromatic N) is 2. The van der Waals surface area contributed by atoms with Crippen LogP contribution in [-0.2, 0) is 16.6 Å². The second-order valence-electron chi connectivity index (χ2n) is 4.89. The molecule has 0 saturated carbocycles. The van der Waals surface area contributed by atoms with Crippen molar-refractivity contribution in [3.8, 4) is 0 Å². The minimum atomic E-state index is -3.03. The molecule has 0 atom stereocenters. The number of hydrogen-bond acceptors (Lipinski definition) is 5. The van der Waals surface area contributed by atoms with Crippen molar-refractivity contribution in [2.45, 2.75) is 6.54 Å². The van der Waals surface area contributed by atoms with Gasteiger partial charge in [0.15, 0.2) is 0 Å². The fourth-order valence-electron chi connectivity index (χ4n) is 2.18. The van der Waals surface area contributed by atoms with Crippen molar-refractivity contribution in [3.05, 3.63) is 21.3 Å². The van der Waals surface area contributed by atoms with E-state index in [0.29, 0.717) is 13.1 Å². The highest BCUT2D eigenvalue weighted by atomic mass is 35.5. The van der Waals surface area contributed by atoms with Gasteiger partial charge < -0.3 is 5.32 Å². The first kappa shape index (κ1) is 16.2. The van der Waals surface area contributed by atoms with Gasteiger partial charge in [0.1, 0.15) is 0 Å². The lowest BCUT2D eigenvalue weighted by Gasteiger charge is -2.33. The molecule has 0 spiro atoms. The standard InChI is InChI=1S/C12H20ClN3O2S2/c1-20(17,18)16-8-6-15(7-9-16)5-4-14-10-11-2-3-12(13)19-11/h2-3,14H,4-10H2,1H3. The summed E-state index contributed by atoms with van der Waals surface area (Å²) in [4.78, 5) is 3.52. The predicted molar refractivity (Wildman–Crippen MR) is 83.9 cm³/mol. The number of sulfonamides is 1. The van der Waals surface area contributed by atoms with Crippen molar-refractivity contribution >= 4 is 33.0 Å². The van der Waals surface area contributed by atoms with Crippen LogP contribution >= 0.6 is 22.9 Å². The average Bonchev–Trinajstić information content (AvgIpc) is 2.80. The molecule has 1 aromatic heterocycles. The molecule has 0 aromatic carbocycles. The van der Waals surface area contributed by atoms with Crippen molar-refractivity contribution in [2.24, 2.45) is 0 Å². The monoisotopic (exact) mass is 337 g/mol. The highest BCUT2D eigenvalue weighted by molar-refractivity contribution is 7.88. The molecule has 0 aliphatic carbocycles. The molecule has 114 valence electrons. The van der Waals surface area contributed by atoms with E-state index in [1.54, 1.807) is 15.6 Å². The van der Waals surface area contributed by atoms with E-state index in [1.807, 2.05) is 12.1 Å². The summed E-state index contributed by atoms with van der Waals surface area (Å²) < 4.78 is 25.2. The van der Waals surface area contributed by atoms with E-state index < -0.39 is 10.0 Å². The second-order valence-corrected chi connectivity index (χ2v) is 8.67. The smallest absolute Gasteiger partial charge is 0.211 e. The van der Waals surface area contributed by atoms with E-state index in [1.165, 1.54) is 11.1 Å². The Morgan fingerprint density at radius 1 is 1.30 bits per heavy atom. The summed E-state index contributed by atoms with van der Waals surface area (Å²) in [6.45, 7) is 5.48. The van der Waals surface area contributed by atoms with Crippen LogP contribution in [0.2, 0.25) is 4.34 Å². The first-order chi connectivity index (χ1) is 9.45. The Morgan fingerprint density at radius 2 is 2.00 bits per heavy atom. The number of halogens is 1. The summed E-state index contributed by atoms with van der Waals surface area (Å²) in [5.74, 6) is 0. The van der Waals surface area contributed by atoms with Gasteiger partial charge in [-0.1, -0.05) is 11.6 Å². The van der Waals surface area contributed by atoms with Gasteiger partial charge in [0, 0.05) is 50.7 Å². The van der Waals surface area contributed by atoms with Crippen LogP contribution in [0.15, 0.2) is 12.1 Å². The first-order valence-corrected chi connectivity index (χ1v) is 9.62. The van der Waals surface area contributed by atoms with Gasteiger partial charge in [-0.15, -0.1) is 11.3 Å². The van der Waals surface area contributed by atoms with Crippen LogP contribution in [0.25, 0.3) is 0 Å². The van der Waals surface area contributed by atoms with Gasteiger partial charge in [-0.05, 0) is 12.1 Å². The number of thiophene rings is 1. The third-order valence-electron chi connectivity index (χ3n) is 3.33. The Bertz CT molecular complexity index is 525. The van der Waals surface area contributed by atoms with Crippen LogP contribution < -0.4 is 5.32 Å². The molecule has 0 radical (unpaired) electrons. The van der Waals surface area contributed by atoms with Crippen molar-refractivity contribution in [1.29, 1.82) is 0 Å². The normalized spacial score (nSPS) is 18.5. The molecule has 1 aliphatic heterocycles. The summed E-state index contributed by atoms with van der Waals surface area (Å²) in [5, 5.41) is 3.38. The zero-order valence-electron chi connectivity index (χ0n) is 11.5. The van der Waals surface area contributed by atoms with Gasteiger partial charge in [-0.2, -0.15) is 4.31 Å². The lowest BCUT2D eigenvalue weighted by molar-refractivity contribution is 0.189. The summed E-state index contributed by atoms with van der Waals surface area (Å²) in [7, 11) is -3.03. The maximum atomic E-state index is 11.4. The minimum absolute atomic E-state index is 0.597. The Morgan fingerprint density at radius 3 is 2.55 bits per heavy atom. The minimum Gasteiger partial charge on any atom is -0.311 e. The molecule has 8 heteroatoms. The van der Waals surface area contributed by atoms with E-state index in [9.17, 15) is 8.42 Å². The van der Waals surface area contributed by atoms with Crippen LogP contribution in [0.3, 0.4) is 0 Å². The van der Waals surface area contributed by atoms with Crippen LogP contribution in [0.4, 0.5) is 0 Å². The topological polar surface area (TPSA) is 52.7 Å². The van der Waals surface area contributed by atoms with Crippen molar-refractivity contribution in [3.63, 3.8) is 0 Å². The van der Waals surface area contributed by atoms with Crippen LogP contribution in [0.5, 0.6) is 0 Å². The van der Waals surface area contributed by atoms with E-state index in [2.05, 4.69) is 10.2 Å². The van der Waals surface area contributed by atoms with Crippen LogP contribution in [0, 0.1) is 0 Å². The van der Waals surface area contributed by atoms with Crippen molar-refractivity contribution < 1.29 is 8.42 Å². The molecule has 0 bridgehead atoms. The fraction of sp³-hybridized carbons (Fsp3) is 0.667. The second kappa shape index (κ2) is 7.20. The third kappa shape index (κ3) is 4.98. The van der Waals surface area contributed by atoms with E-state index in [-0.39, 0.29) is 0 Å². The molecule has 1 aliphatic rings. The number of nitrogens with one attached hydrogen (secondary N) is 1. The van der Waals surface area contributed by atoms with E-state index >= 15 is 0 Å². The molecule has 2 heterocycles. The SMILES string of the molecule is CS(=O)(=O)N1CCN(CCNCc2ccc(Cl)s2)CC1. The zero-order valence-corrected chi connectivity index (χ0v) is 13.9. The molecular formula is C12H20ClN3O2S2. The molecule has 0 unspecified atom stereocenters. The lowest BCUT2D eigenvalue weighted by Crippen LogP contribution is -2.49. The molecule has 5 nitrogen and oxygen atoms in total. The van der Waals surface area contributed by atoms with Crippen LogP contribution in [0.1, 0.15) is 4.88 Å². The average molecular weight is 338 g/mol. The summed E-state index contributed by atoms with van der Waals surface area (Å²) in [5.41, 5.74) is 0. The molecule has 1 N–H and O–H groups in total. The van der Waals surface area contributed by atoms with Gasteiger partial charge in [-0.3, -0.25) is 4.90 Å². The maximum Gasteiger partial charge on any atom is 0.211 e.